The van der Waals surface area contributed by atoms with Gasteiger partial charge in [-0.2, -0.15) is 0 Å². The Labute approximate surface area is 154 Å². The molecular weight excluding hydrogens is 327 g/mol. The smallest absolute Gasteiger partial charge is 0.123 e. The maximum Gasteiger partial charge on any atom is 0.123 e. The molecule has 0 unspecified atom stereocenters. The van der Waals surface area contributed by atoms with Gasteiger partial charge in [0.15, 0.2) is 0 Å². The fourth-order valence-corrected chi connectivity index (χ4v) is 3.70. The van der Waals surface area contributed by atoms with E-state index in [0.29, 0.717) is 0 Å². The van der Waals surface area contributed by atoms with Crippen molar-refractivity contribution < 1.29 is 9.13 Å². The molecule has 0 radical (unpaired) electrons. The van der Waals surface area contributed by atoms with E-state index >= 15 is 0 Å². The molecule has 4 rings (SSSR count). The highest BCUT2D eigenvalue weighted by Gasteiger charge is 2.09. The third-order valence-corrected chi connectivity index (χ3v) is 5.10. The van der Waals surface area contributed by atoms with Crippen molar-refractivity contribution >= 4 is 10.9 Å². The quantitative estimate of drug-likeness (QED) is 0.579. The van der Waals surface area contributed by atoms with E-state index < -0.39 is 0 Å². The fraction of sp³-hybridized carbons (Fsp3) is 0.364. The summed E-state index contributed by atoms with van der Waals surface area (Å²) in [6.07, 6.45) is 7.13. The van der Waals surface area contributed by atoms with Crippen molar-refractivity contribution in [2.45, 2.75) is 25.7 Å². The lowest BCUT2D eigenvalue weighted by Crippen LogP contribution is -2.31. The molecule has 2 heterocycles. The average molecular weight is 352 g/mol. The summed E-state index contributed by atoms with van der Waals surface area (Å²) in [7, 11) is 0. The van der Waals surface area contributed by atoms with E-state index in [2.05, 4.69) is 27.7 Å². The van der Waals surface area contributed by atoms with Gasteiger partial charge in [-0.3, -0.25) is 0 Å². The van der Waals surface area contributed by atoms with E-state index in [4.69, 9.17) is 4.74 Å². The fourth-order valence-electron chi connectivity index (χ4n) is 3.70. The molecule has 3 aromatic rings. The van der Waals surface area contributed by atoms with E-state index in [9.17, 15) is 4.39 Å². The van der Waals surface area contributed by atoms with Gasteiger partial charge < -0.3 is 14.2 Å². The molecule has 1 saturated heterocycles. The summed E-state index contributed by atoms with van der Waals surface area (Å²) in [6, 6.07) is 14.8. The summed E-state index contributed by atoms with van der Waals surface area (Å²) >= 11 is 0. The monoisotopic (exact) mass is 352 g/mol. The summed E-state index contributed by atoms with van der Waals surface area (Å²) in [6.45, 7) is 4.36. The van der Waals surface area contributed by atoms with E-state index in [1.54, 1.807) is 12.1 Å². The molecule has 1 fully saturated rings. The van der Waals surface area contributed by atoms with Gasteiger partial charge in [-0.05, 0) is 80.9 Å². The first kappa shape index (κ1) is 17.1. The number of ether oxygens (including phenoxy) is 1. The number of halogens is 1. The van der Waals surface area contributed by atoms with Crippen LogP contribution in [0.2, 0.25) is 0 Å². The molecule has 4 heteroatoms. The minimum Gasteiger partial charge on any atom is -0.494 e. The first-order valence-corrected chi connectivity index (χ1v) is 9.52. The van der Waals surface area contributed by atoms with Gasteiger partial charge >= 0.3 is 0 Å². The molecule has 26 heavy (non-hydrogen) atoms. The van der Waals surface area contributed by atoms with Crippen LogP contribution in [0.4, 0.5) is 4.39 Å². The minimum absolute atomic E-state index is 0.217. The number of hydrogen-bond donors (Lipinski definition) is 0. The van der Waals surface area contributed by atoms with Crippen LogP contribution in [0.25, 0.3) is 16.6 Å². The first-order valence-electron chi connectivity index (χ1n) is 9.52. The lowest BCUT2D eigenvalue weighted by Gasteiger charge is -2.26. The Hall–Kier alpha value is -2.33. The summed E-state index contributed by atoms with van der Waals surface area (Å²) < 4.78 is 21.1. The molecule has 0 aliphatic carbocycles. The normalized spacial score (nSPS) is 15.4. The second kappa shape index (κ2) is 7.92. The highest BCUT2D eigenvalue weighted by molar-refractivity contribution is 5.83. The molecule has 0 N–H and O–H groups in total. The number of rotatable bonds is 6. The number of fused-ring (bicyclic) bond motifs is 1. The second-order valence-electron chi connectivity index (χ2n) is 6.99. The van der Waals surface area contributed by atoms with E-state index in [-0.39, 0.29) is 5.82 Å². The van der Waals surface area contributed by atoms with Gasteiger partial charge in [-0.25, -0.2) is 4.39 Å². The standard InChI is InChI=1S/C22H25FN2O/c23-19-5-7-20(8-6-19)25-15-11-18-17-21(9-10-22(18)25)26-16-4-14-24-12-2-1-3-13-24/h5-11,15,17H,1-4,12-14,16H2. The number of hydrogen-bond acceptors (Lipinski definition) is 2. The lowest BCUT2D eigenvalue weighted by atomic mass is 10.1. The Kier molecular flexibility index (Phi) is 5.21. The van der Waals surface area contributed by atoms with Gasteiger partial charge in [0, 0.05) is 23.8 Å². The summed E-state index contributed by atoms with van der Waals surface area (Å²) in [5, 5.41) is 1.13. The van der Waals surface area contributed by atoms with Crippen molar-refractivity contribution in [2.75, 3.05) is 26.2 Å². The van der Waals surface area contributed by atoms with Gasteiger partial charge in [0.25, 0.3) is 0 Å². The number of benzene rings is 2. The molecule has 0 atom stereocenters. The second-order valence-corrected chi connectivity index (χ2v) is 6.99. The van der Waals surface area contributed by atoms with E-state index in [0.717, 1.165) is 41.9 Å². The minimum atomic E-state index is -0.217. The molecule has 1 aromatic heterocycles. The predicted molar refractivity (Wildman–Crippen MR) is 104 cm³/mol. The van der Waals surface area contributed by atoms with Gasteiger partial charge in [0.2, 0.25) is 0 Å². The zero-order chi connectivity index (χ0) is 17.8. The Morgan fingerprint density at radius 3 is 2.54 bits per heavy atom. The maximum absolute atomic E-state index is 13.1. The molecule has 1 aliphatic rings. The zero-order valence-corrected chi connectivity index (χ0v) is 15.0. The van der Waals surface area contributed by atoms with Gasteiger partial charge in [0.1, 0.15) is 11.6 Å². The zero-order valence-electron chi connectivity index (χ0n) is 15.0. The van der Waals surface area contributed by atoms with E-state index in [1.165, 1.54) is 44.5 Å². The summed E-state index contributed by atoms with van der Waals surface area (Å²) in [4.78, 5) is 2.54. The van der Waals surface area contributed by atoms with Crippen molar-refractivity contribution in [3.05, 3.63) is 60.5 Å². The first-order chi connectivity index (χ1) is 12.8. The molecule has 0 saturated carbocycles. The van der Waals surface area contributed by atoms with Crippen LogP contribution < -0.4 is 4.74 Å². The van der Waals surface area contributed by atoms with Crippen LogP contribution >= 0.6 is 0 Å². The number of likely N-dealkylation sites (tertiary alicyclic amines) is 1. The molecule has 3 nitrogen and oxygen atoms in total. The Morgan fingerprint density at radius 2 is 1.73 bits per heavy atom. The molecule has 0 amide bonds. The predicted octanol–water partition coefficient (Wildman–Crippen LogP) is 5.02. The van der Waals surface area contributed by atoms with Gasteiger partial charge in [-0.15, -0.1) is 0 Å². The van der Waals surface area contributed by atoms with Gasteiger partial charge in [-0.1, -0.05) is 6.42 Å². The molecule has 0 spiro atoms. The summed E-state index contributed by atoms with van der Waals surface area (Å²) in [5.41, 5.74) is 2.05. The van der Waals surface area contributed by atoms with E-state index in [1.807, 2.05) is 12.3 Å². The van der Waals surface area contributed by atoms with Crippen molar-refractivity contribution in [2.24, 2.45) is 0 Å². The van der Waals surface area contributed by atoms with Crippen molar-refractivity contribution in [3.63, 3.8) is 0 Å². The Bertz CT molecular complexity index is 850. The average Bonchev–Trinajstić information content (AvgIpc) is 3.10. The SMILES string of the molecule is Fc1ccc(-n2ccc3cc(OCCCN4CCCCC4)ccc32)cc1. The molecule has 1 aliphatic heterocycles. The van der Waals surface area contributed by atoms with Crippen LogP contribution in [-0.4, -0.2) is 35.7 Å². The molecular formula is C22H25FN2O. The molecule has 2 aromatic carbocycles. The topological polar surface area (TPSA) is 17.4 Å². The molecule has 0 bridgehead atoms. The van der Waals surface area contributed by atoms with Crippen LogP contribution in [0.15, 0.2) is 54.7 Å². The van der Waals surface area contributed by atoms with Crippen LogP contribution in [0, 0.1) is 5.82 Å². The largest absolute Gasteiger partial charge is 0.494 e. The van der Waals surface area contributed by atoms with Crippen LogP contribution in [-0.2, 0) is 0 Å². The number of aromatic nitrogens is 1. The van der Waals surface area contributed by atoms with Crippen LogP contribution in [0.5, 0.6) is 5.75 Å². The highest BCUT2D eigenvalue weighted by Crippen LogP contribution is 2.25. The third-order valence-electron chi connectivity index (χ3n) is 5.10. The number of piperidine rings is 1. The Balaban J connectivity index is 1.38. The molecule has 136 valence electrons. The van der Waals surface area contributed by atoms with Crippen molar-refractivity contribution in [1.82, 2.24) is 9.47 Å². The van der Waals surface area contributed by atoms with Crippen LogP contribution in [0.3, 0.4) is 0 Å². The van der Waals surface area contributed by atoms with Crippen molar-refractivity contribution in [1.29, 1.82) is 0 Å². The van der Waals surface area contributed by atoms with Crippen LogP contribution in [0.1, 0.15) is 25.7 Å². The Morgan fingerprint density at radius 1 is 0.923 bits per heavy atom. The summed E-state index contributed by atoms with van der Waals surface area (Å²) in [5.74, 6) is 0.693. The lowest BCUT2D eigenvalue weighted by molar-refractivity contribution is 0.205. The van der Waals surface area contributed by atoms with Gasteiger partial charge in [0.05, 0.1) is 12.1 Å². The highest BCUT2D eigenvalue weighted by atomic mass is 19.1. The number of nitrogens with zero attached hydrogens (tertiary/aromatic N) is 2. The van der Waals surface area contributed by atoms with Crippen molar-refractivity contribution in [3.8, 4) is 11.4 Å². The maximum atomic E-state index is 13.1. The third kappa shape index (κ3) is 3.91.